The van der Waals surface area contributed by atoms with Crippen molar-refractivity contribution in [1.82, 2.24) is 4.98 Å². The molecule has 7 nitrogen and oxygen atoms in total. The number of benzene rings is 2. The van der Waals surface area contributed by atoms with Crippen LogP contribution in [0.15, 0.2) is 47.0 Å². The zero-order valence-electron chi connectivity index (χ0n) is 18.4. The van der Waals surface area contributed by atoms with Gasteiger partial charge in [-0.25, -0.2) is 9.37 Å². The fraction of sp³-hybridized carbons (Fsp3) is 0.333. The number of carboxylic acids is 1. The highest BCUT2D eigenvalue weighted by atomic mass is 19.1. The van der Waals surface area contributed by atoms with E-state index in [4.69, 9.17) is 13.9 Å². The summed E-state index contributed by atoms with van der Waals surface area (Å²) in [6, 6.07) is 9.36. The van der Waals surface area contributed by atoms with Gasteiger partial charge in [-0.15, -0.1) is 0 Å². The van der Waals surface area contributed by atoms with Crippen LogP contribution in [-0.4, -0.2) is 40.5 Å². The van der Waals surface area contributed by atoms with E-state index in [1.807, 2.05) is 0 Å². The van der Waals surface area contributed by atoms with Gasteiger partial charge in [0.05, 0.1) is 31.2 Å². The Morgan fingerprint density at radius 1 is 1.25 bits per heavy atom. The lowest BCUT2D eigenvalue weighted by Crippen LogP contribution is -2.27. The molecular weight excluding hydrogens is 417 g/mol. The molecule has 0 saturated heterocycles. The van der Waals surface area contributed by atoms with Gasteiger partial charge in [0.15, 0.2) is 0 Å². The summed E-state index contributed by atoms with van der Waals surface area (Å²) in [4.78, 5) is 15.6. The first kappa shape index (κ1) is 23.3. The Bertz CT molecular complexity index is 1100. The highest BCUT2D eigenvalue weighted by molar-refractivity contribution is 5.74. The fourth-order valence-electron chi connectivity index (χ4n) is 3.29. The zero-order chi connectivity index (χ0) is 23.5. The number of aliphatic carboxylic acids is 1. The summed E-state index contributed by atoms with van der Waals surface area (Å²) in [6.07, 6.45) is 1.19. The molecule has 1 aromatic heterocycles. The second-order valence-electron chi connectivity index (χ2n) is 8.20. The summed E-state index contributed by atoms with van der Waals surface area (Å²) in [5.41, 5.74) is 0.419. The first-order valence-electron chi connectivity index (χ1n) is 10.0. The van der Waals surface area contributed by atoms with Crippen molar-refractivity contribution in [3.05, 3.63) is 65.6 Å². The van der Waals surface area contributed by atoms with E-state index < -0.39 is 23.3 Å². The molecule has 0 saturated carbocycles. The van der Waals surface area contributed by atoms with E-state index >= 15 is 0 Å². The quantitative estimate of drug-likeness (QED) is 0.500. The predicted octanol–water partition coefficient (Wildman–Crippen LogP) is 4.55. The van der Waals surface area contributed by atoms with Gasteiger partial charge in [-0.05, 0) is 68.3 Å². The van der Waals surface area contributed by atoms with Gasteiger partial charge in [0.25, 0.3) is 0 Å². The molecule has 0 aliphatic carbocycles. The van der Waals surface area contributed by atoms with Crippen LogP contribution in [0.5, 0.6) is 11.5 Å². The predicted molar refractivity (Wildman–Crippen MR) is 116 cm³/mol. The summed E-state index contributed by atoms with van der Waals surface area (Å²) >= 11 is 0. The Hall–Kier alpha value is -3.39. The SMILES string of the molecule is COc1ccc(OCC(C)(C)O)cc1-c1cc(F)cc(C(CC(=O)O)c2ncc(C)o2)c1. The lowest BCUT2D eigenvalue weighted by molar-refractivity contribution is -0.137. The molecule has 8 heteroatoms. The first-order chi connectivity index (χ1) is 15.1. The van der Waals surface area contributed by atoms with Crippen molar-refractivity contribution < 1.29 is 33.3 Å². The van der Waals surface area contributed by atoms with Crippen LogP contribution in [0.1, 0.15) is 43.4 Å². The normalized spacial score (nSPS) is 12.4. The third-order valence-electron chi connectivity index (χ3n) is 4.71. The summed E-state index contributed by atoms with van der Waals surface area (Å²) < 4.78 is 31.3. The number of aryl methyl sites for hydroxylation is 1. The molecule has 3 aromatic rings. The van der Waals surface area contributed by atoms with Crippen LogP contribution in [0.3, 0.4) is 0 Å². The van der Waals surface area contributed by atoms with Crippen molar-refractivity contribution in [3.8, 4) is 22.6 Å². The molecule has 170 valence electrons. The van der Waals surface area contributed by atoms with E-state index in [0.717, 1.165) is 0 Å². The van der Waals surface area contributed by atoms with Crippen LogP contribution in [0.4, 0.5) is 4.39 Å². The standard InChI is InChI=1S/C24H26FNO6/c1-14-12-26-23(32-14)20(11-22(27)28)16-7-15(8-17(25)9-16)19-10-18(5-6-21(19)30-4)31-13-24(2,3)29/h5-10,12,20,29H,11,13H2,1-4H3,(H,27,28). The summed E-state index contributed by atoms with van der Waals surface area (Å²) in [7, 11) is 1.50. The number of aliphatic hydroxyl groups is 1. The van der Waals surface area contributed by atoms with E-state index in [9.17, 15) is 19.4 Å². The summed E-state index contributed by atoms with van der Waals surface area (Å²) in [5.74, 6) is -0.673. The monoisotopic (exact) mass is 443 g/mol. The third kappa shape index (κ3) is 5.85. The number of aromatic nitrogens is 1. The van der Waals surface area contributed by atoms with Gasteiger partial charge >= 0.3 is 5.97 Å². The van der Waals surface area contributed by atoms with E-state index in [1.165, 1.54) is 25.4 Å². The molecule has 0 radical (unpaired) electrons. The highest BCUT2D eigenvalue weighted by Gasteiger charge is 2.24. The van der Waals surface area contributed by atoms with Crippen LogP contribution >= 0.6 is 0 Å². The second-order valence-corrected chi connectivity index (χ2v) is 8.20. The van der Waals surface area contributed by atoms with Gasteiger partial charge in [-0.2, -0.15) is 0 Å². The topological polar surface area (TPSA) is 102 Å². The van der Waals surface area contributed by atoms with Gasteiger partial charge in [-0.1, -0.05) is 0 Å². The molecule has 0 aliphatic rings. The van der Waals surface area contributed by atoms with Crippen molar-refractivity contribution in [2.24, 2.45) is 0 Å². The molecule has 0 fully saturated rings. The number of carboxylic acid groups (broad SMARTS) is 1. The number of hydrogen-bond acceptors (Lipinski definition) is 6. The van der Waals surface area contributed by atoms with Gasteiger partial charge in [0, 0.05) is 5.56 Å². The lowest BCUT2D eigenvalue weighted by Gasteiger charge is -2.19. The Kier molecular flexibility index (Phi) is 6.84. The molecule has 3 rings (SSSR count). The Labute approximate surface area is 185 Å². The molecule has 0 aliphatic heterocycles. The average Bonchev–Trinajstić information content (AvgIpc) is 3.15. The molecule has 1 atom stereocenters. The number of ether oxygens (including phenoxy) is 2. The number of nitrogens with zero attached hydrogens (tertiary/aromatic N) is 1. The van der Waals surface area contributed by atoms with Gasteiger partial charge in [0.1, 0.15) is 29.7 Å². The largest absolute Gasteiger partial charge is 0.496 e. The van der Waals surface area contributed by atoms with Gasteiger partial charge in [-0.3, -0.25) is 4.79 Å². The summed E-state index contributed by atoms with van der Waals surface area (Å²) in [6.45, 7) is 5.03. The molecule has 0 spiro atoms. The minimum atomic E-state index is -1.06. The highest BCUT2D eigenvalue weighted by Crippen LogP contribution is 2.37. The molecule has 32 heavy (non-hydrogen) atoms. The van der Waals surface area contributed by atoms with Crippen LogP contribution in [0.25, 0.3) is 11.1 Å². The Morgan fingerprint density at radius 3 is 2.59 bits per heavy atom. The second kappa shape index (κ2) is 9.40. The molecule has 2 aromatic carbocycles. The molecule has 1 heterocycles. The molecule has 0 amide bonds. The van der Waals surface area contributed by atoms with E-state index in [-0.39, 0.29) is 18.9 Å². The van der Waals surface area contributed by atoms with E-state index in [2.05, 4.69) is 4.98 Å². The number of halogens is 1. The maximum Gasteiger partial charge on any atom is 0.304 e. The van der Waals surface area contributed by atoms with Gasteiger partial charge < -0.3 is 24.1 Å². The van der Waals surface area contributed by atoms with Crippen molar-refractivity contribution in [2.45, 2.75) is 38.7 Å². The van der Waals surface area contributed by atoms with Crippen molar-refractivity contribution in [3.63, 3.8) is 0 Å². The fourth-order valence-corrected chi connectivity index (χ4v) is 3.29. The molecule has 0 bridgehead atoms. The lowest BCUT2D eigenvalue weighted by atomic mass is 9.92. The number of carbonyl (C=O) groups is 1. The number of methoxy groups -OCH3 is 1. The van der Waals surface area contributed by atoms with Gasteiger partial charge in [0.2, 0.25) is 5.89 Å². The Morgan fingerprint density at radius 2 is 2.00 bits per heavy atom. The Balaban J connectivity index is 2.06. The number of rotatable bonds is 9. The van der Waals surface area contributed by atoms with Crippen LogP contribution < -0.4 is 9.47 Å². The van der Waals surface area contributed by atoms with E-state index in [1.54, 1.807) is 45.0 Å². The number of oxazole rings is 1. The van der Waals surface area contributed by atoms with Crippen LogP contribution in [0.2, 0.25) is 0 Å². The smallest absolute Gasteiger partial charge is 0.304 e. The maximum atomic E-state index is 14.7. The minimum absolute atomic E-state index is 0.0668. The van der Waals surface area contributed by atoms with Crippen molar-refractivity contribution in [1.29, 1.82) is 0 Å². The summed E-state index contributed by atoms with van der Waals surface area (Å²) in [5, 5.41) is 19.3. The first-order valence-corrected chi connectivity index (χ1v) is 10.0. The van der Waals surface area contributed by atoms with Crippen molar-refractivity contribution >= 4 is 5.97 Å². The minimum Gasteiger partial charge on any atom is -0.496 e. The van der Waals surface area contributed by atoms with Crippen LogP contribution in [0, 0.1) is 12.7 Å². The van der Waals surface area contributed by atoms with Crippen molar-refractivity contribution in [2.75, 3.05) is 13.7 Å². The maximum absolute atomic E-state index is 14.7. The zero-order valence-corrected chi connectivity index (χ0v) is 18.4. The molecular formula is C24H26FNO6. The number of hydrogen-bond donors (Lipinski definition) is 2. The van der Waals surface area contributed by atoms with E-state index in [0.29, 0.717) is 33.9 Å². The average molecular weight is 443 g/mol. The molecule has 1 unspecified atom stereocenters. The third-order valence-corrected chi connectivity index (χ3v) is 4.71. The van der Waals surface area contributed by atoms with Crippen LogP contribution in [-0.2, 0) is 4.79 Å². The molecule has 2 N–H and O–H groups in total.